The lowest BCUT2D eigenvalue weighted by Gasteiger charge is -2.11. The molecule has 106 valence electrons. The maximum atomic E-state index is 5.89. The predicted octanol–water partition coefficient (Wildman–Crippen LogP) is 3.52. The lowest BCUT2D eigenvalue weighted by atomic mass is 10.1. The maximum absolute atomic E-state index is 5.89. The highest BCUT2D eigenvalue weighted by atomic mass is 16.5. The maximum Gasteiger partial charge on any atom is 0.221 e. The van der Waals surface area contributed by atoms with Crippen LogP contribution in [0.3, 0.4) is 0 Å². The van der Waals surface area contributed by atoms with Gasteiger partial charge >= 0.3 is 0 Å². The molecule has 1 fully saturated rings. The van der Waals surface area contributed by atoms with Crippen molar-refractivity contribution in [1.29, 1.82) is 0 Å². The molecule has 1 aromatic carbocycles. The monoisotopic (exact) mass is 270 g/mol. The van der Waals surface area contributed by atoms with Gasteiger partial charge in [0.05, 0.1) is 6.61 Å². The molecule has 3 heteroatoms. The molecule has 0 unspecified atom stereocenters. The van der Waals surface area contributed by atoms with Crippen molar-refractivity contribution >= 4 is 10.8 Å². The van der Waals surface area contributed by atoms with Gasteiger partial charge in [-0.3, -0.25) is 0 Å². The second kappa shape index (κ2) is 6.23. The lowest BCUT2D eigenvalue weighted by molar-refractivity contribution is 0.292. The van der Waals surface area contributed by atoms with Crippen molar-refractivity contribution in [2.45, 2.75) is 32.7 Å². The molecule has 1 aromatic heterocycles. The van der Waals surface area contributed by atoms with Crippen LogP contribution in [0.15, 0.2) is 30.5 Å². The van der Waals surface area contributed by atoms with Crippen molar-refractivity contribution in [2.75, 3.05) is 13.2 Å². The summed E-state index contributed by atoms with van der Waals surface area (Å²) in [6, 6.07) is 8.39. The van der Waals surface area contributed by atoms with Gasteiger partial charge in [-0.05, 0) is 48.7 Å². The van der Waals surface area contributed by atoms with Crippen LogP contribution in [0.5, 0.6) is 5.88 Å². The van der Waals surface area contributed by atoms with Crippen molar-refractivity contribution in [2.24, 2.45) is 5.92 Å². The number of fused-ring (bicyclic) bond motifs is 1. The van der Waals surface area contributed by atoms with Gasteiger partial charge in [-0.1, -0.05) is 25.1 Å². The summed E-state index contributed by atoms with van der Waals surface area (Å²) >= 11 is 0. The van der Waals surface area contributed by atoms with E-state index in [0.717, 1.165) is 43.3 Å². The Morgan fingerprint density at radius 2 is 2.05 bits per heavy atom. The molecule has 0 atom stereocenters. The summed E-state index contributed by atoms with van der Waals surface area (Å²) < 4.78 is 5.89. The quantitative estimate of drug-likeness (QED) is 0.782. The molecule has 1 aliphatic carbocycles. The van der Waals surface area contributed by atoms with Gasteiger partial charge in [-0.25, -0.2) is 4.98 Å². The summed E-state index contributed by atoms with van der Waals surface area (Å²) in [5.41, 5.74) is 1.24. The molecule has 0 radical (unpaired) electrons. The second-order valence-electron chi connectivity index (χ2n) is 5.57. The third-order valence-electron chi connectivity index (χ3n) is 3.74. The second-order valence-corrected chi connectivity index (χ2v) is 5.57. The Kier molecular flexibility index (Phi) is 4.16. The highest BCUT2D eigenvalue weighted by molar-refractivity contribution is 5.89. The van der Waals surface area contributed by atoms with E-state index in [4.69, 9.17) is 4.74 Å². The summed E-state index contributed by atoms with van der Waals surface area (Å²) in [6.45, 7) is 4.89. The average molecular weight is 270 g/mol. The molecule has 20 heavy (non-hydrogen) atoms. The van der Waals surface area contributed by atoms with E-state index in [1.165, 1.54) is 23.8 Å². The number of nitrogens with zero attached hydrogens (tertiary/aromatic N) is 1. The molecular formula is C17H22N2O. The minimum atomic E-state index is 0.751. The third-order valence-corrected chi connectivity index (χ3v) is 3.74. The van der Waals surface area contributed by atoms with Crippen LogP contribution >= 0.6 is 0 Å². The van der Waals surface area contributed by atoms with E-state index in [9.17, 15) is 0 Å². The number of aromatic nitrogens is 1. The standard InChI is InChI=1S/C17H22N2O/c1-2-9-18-10-14-11-19-17(20-12-13-7-8-13)16-6-4-3-5-15(14)16/h3-6,11,13,18H,2,7-10,12H2,1H3. The zero-order valence-corrected chi connectivity index (χ0v) is 12.1. The molecule has 0 aliphatic heterocycles. The van der Waals surface area contributed by atoms with Crippen molar-refractivity contribution in [3.05, 3.63) is 36.0 Å². The lowest BCUT2D eigenvalue weighted by Crippen LogP contribution is -2.14. The smallest absolute Gasteiger partial charge is 0.221 e. The van der Waals surface area contributed by atoms with E-state index in [1.54, 1.807) is 0 Å². The normalized spacial score (nSPS) is 14.7. The summed E-state index contributed by atoms with van der Waals surface area (Å²) in [5.74, 6) is 1.54. The number of benzene rings is 1. The Morgan fingerprint density at radius 1 is 1.25 bits per heavy atom. The Morgan fingerprint density at radius 3 is 2.80 bits per heavy atom. The van der Waals surface area contributed by atoms with Crippen molar-refractivity contribution < 1.29 is 4.74 Å². The van der Waals surface area contributed by atoms with Gasteiger partial charge in [-0.2, -0.15) is 0 Å². The SMILES string of the molecule is CCCNCc1cnc(OCC2CC2)c2ccccc12. The van der Waals surface area contributed by atoms with Gasteiger partial charge in [0.15, 0.2) is 0 Å². The van der Waals surface area contributed by atoms with Crippen molar-refractivity contribution in [3.63, 3.8) is 0 Å². The van der Waals surface area contributed by atoms with E-state index in [0.29, 0.717) is 0 Å². The summed E-state index contributed by atoms with van der Waals surface area (Å²) in [5, 5.41) is 5.82. The van der Waals surface area contributed by atoms with Gasteiger partial charge in [0.2, 0.25) is 5.88 Å². The number of rotatable bonds is 7. The summed E-state index contributed by atoms with van der Waals surface area (Å²) in [4.78, 5) is 4.52. The molecule has 1 heterocycles. The molecule has 1 saturated carbocycles. The van der Waals surface area contributed by atoms with Gasteiger partial charge in [-0.15, -0.1) is 0 Å². The summed E-state index contributed by atoms with van der Waals surface area (Å²) in [6.07, 6.45) is 5.70. The molecule has 3 rings (SSSR count). The number of pyridine rings is 1. The molecule has 0 amide bonds. The Balaban J connectivity index is 1.83. The first-order valence-electron chi connectivity index (χ1n) is 7.58. The molecule has 0 saturated heterocycles. The zero-order valence-electron chi connectivity index (χ0n) is 12.1. The van der Waals surface area contributed by atoms with Crippen LogP contribution in [-0.4, -0.2) is 18.1 Å². The Labute approximate surface area is 120 Å². The molecule has 1 aliphatic rings. The Bertz CT molecular complexity index is 578. The fourth-order valence-electron chi connectivity index (χ4n) is 2.36. The number of hydrogen-bond donors (Lipinski definition) is 1. The number of ether oxygens (including phenoxy) is 1. The fourth-order valence-corrected chi connectivity index (χ4v) is 2.36. The Hall–Kier alpha value is -1.61. The summed E-state index contributed by atoms with van der Waals surface area (Å²) in [7, 11) is 0. The third kappa shape index (κ3) is 3.10. The predicted molar refractivity (Wildman–Crippen MR) is 82.0 cm³/mol. The first-order chi connectivity index (χ1) is 9.88. The highest BCUT2D eigenvalue weighted by Crippen LogP contribution is 2.31. The van der Waals surface area contributed by atoms with E-state index in [-0.39, 0.29) is 0 Å². The van der Waals surface area contributed by atoms with E-state index in [2.05, 4.69) is 41.5 Å². The van der Waals surface area contributed by atoms with Gasteiger partial charge in [0.25, 0.3) is 0 Å². The molecule has 0 spiro atoms. The first-order valence-corrected chi connectivity index (χ1v) is 7.58. The van der Waals surface area contributed by atoms with Gasteiger partial charge < -0.3 is 10.1 Å². The van der Waals surface area contributed by atoms with Gasteiger partial charge in [0, 0.05) is 18.1 Å². The minimum Gasteiger partial charge on any atom is -0.477 e. The van der Waals surface area contributed by atoms with Crippen LogP contribution in [0.25, 0.3) is 10.8 Å². The van der Waals surface area contributed by atoms with Crippen LogP contribution in [0.1, 0.15) is 31.7 Å². The van der Waals surface area contributed by atoms with E-state index in [1.807, 2.05) is 6.20 Å². The molecule has 0 bridgehead atoms. The van der Waals surface area contributed by atoms with Crippen LogP contribution in [-0.2, 0) is 6.54 Å². The highest BCUT2D eigenvalue weighted by Gasteiger charge is 2.22. The molecule has 1 N–H and O–H groups in total. The van der Waals surface area contributed by atoms with Crippen LogP contribution in [0.2, 0.25) is 0 Å². The first kappa shape index (κ1) is 13.4. The van der Waals surface area contributed by atoms with Crippen LogP contribution in [0.4, 0.5) is 0 Å². The topological polar surface area (TPSA) is 34.2 Å². The molecule has 2 aromatic rings. The minimum absolute atomic E-state index is 0.751. The fraction of sp³-hybridized carbons (Fsp3) is 0.471. The number of hydrogen-bond acceptors (Lipinski definition) is 3. The van der Waals surface area contributed by atoms with E-state index < -0.39 is 0 Å². The van der Waals surface area contributed by atoms with Crippen LogP contribution < -0.4 is 10.1 Å². The van der Waals surface area contributed by atoms with Gasteiger partial charge in [0.1, 0.15) is 0 Å². The van der Waals surface area contributed by atoms with Crippen molar-refractivity contribution in [1.82, 2.24) is 10.3 Å². The molecular weight excluding hydrogens is 248 g/mol. The number of nitrogens with one attached hydrogen (secondary N) is 1. The molecule has 3 nitrogen and oxygen atoms in total. The average Bonchev–Trinajstić information content (AvgIpc) is 3.30. The largest absolute Gasteiger partial charge is 0.477 e. The zero-order chi connectivity index (χ0) is 13.8. The van der Waals surface area contributed by atoms with Crippen molar-refractivity contribution in [3.8, 4) is 5.88 Å². The van der Waals surface area contributed by atoms with Crippen LogP contribution in [0, 0.1) is 5.92 Å². The van der Waals surface area contributed by atoms with E-state index >= 15 is 0 Å².